The number of amides is 3. The molecule has 0 bridgehead atoms. The summed E-state index contributed by atoms with van der Waals surface area (Å²) in [6, 6.07) is 5.86. The molecule has 2 aliphatic rings. The zero-order valence-corrected chi connectivity index (χ0v) is 12.6. The molecular formula is C16H19N3O4. The molecule has 23 heavy (non-hydrogen) atoms. The fourth-order valence-corrected chi connectivity index (χ4v) is 2.75. The topological polar surface area (TPSA) is 96.5 Å². The fourth-order valence-electron chi connectivity index (χ4n) is 2.75. The molecule has 7 nitrogen and oxygen atoms in total. The first kappa shape index (κ1) is 15.5. The number of ether oxygens (including phenoxy) is 1. The Labute approximate surface area is 133 Å². The average Bonchev–Trinajstić information content (AvgIpc) is 3.02. The smallest absolute Gasteiger partial charge is 0.254 e. The summed E-state index contributed by atoms with van der Waals surface area (Å²) < 4.78 is 5.43. The van der Waals surface area contributed by atoms with E-state index in [1.807, 2.05) is 0 Å². The number of rotatable bonds is 4. The summed E-state index contributed by atoms with van der Waals surface area (Å²) in [7, 11) is 0. The minimum atomic E-state index is -0.889. The van der Waals surface area contributed by atoms with E-state index in [0.29, 0.717) is 17.8 Å². The van der Waals surface area contributed by atoms with E-state index in [2.05, 4.69) is 16.0 Å². The van der Waals surface area contributed by atoms with Gasteiger partial charge in [-0.2, -0.15) is 0 Å². The minimum Gasteiger partial charge on any atom is -0.376 e. The number of hydrogen-bond acceptors (Lipinski definition) is 4. The third kappa shape index (κ3) is 3.68. The third-order valence-electron chi connectivity index (χ3n) is 3.99. The molecule has 3 N–H and O–H groups in total. The number of anilines is 1. The van der Waals surface area contributed by atoms with Crippen molar-refractivity contribution >= 4 is 23.4 Å². The number of hydrogen-bond donors (Lipinski definition) is 3. The van der Waals surface area contributed by atoms with Gasteiger partial charge in [-0.15, -0.1) is 0 Å². The lowest BCUT2D eigenvalue weighted by atomic mass is 10.1. The number of carbonyl (C=O) groups is 3. The Kier molecular flexibility index (Phi) is 4.57. The molecule has 1 fully saturated rings. The monoisotopic (exact) mass is 317 g/mol. The van der Waals surface area contributed by atoms with Crippen molar-refractivity contribution in [1.82, 2.24) is 10.6 Å². The zero-order valence-electron chi connectivity index (χ0n) is 12.6. The Morgan fingerprint density at radius 2 is 2.13 bits per heavy atom. The van der Waals surface area contributed by atoms with Gasteiger partial charge in [0.1, 0.15) is 6.04 Å². The van der Waals surface area contributed by atoms with Crippen LogP contribution in [0.2, 0.25) is 0 Å². The van der Waals surface area contributed by atoms with Crippen LogP contribution in [0.3, 0.4) is 0 Å². The SMILES string of the molecule is O=C(C[C@@H]1NC(=O)c2ccccc2NC1=O)NC[C@@H]1CCCO1. The highest BCUT2D eigenvalue weighted by Crippen LogP contribution is 2.18. The largest absolute Gasteiger partial charge is 0.376 e. The Hall–Kier alpha value is -2.41. The van der Waals surface area contributed by atoms with E-state index in [9.17, 15) is 14.4 Å². The van der Waals surface area contributed by atoms with Gasteiger partial charge in [0.25, 0.3) is 5.91 Å². The minimum absolute atomic E-state index is 0.0424. The molecule has 0 spiro atoms. The lowest BCUT2D eigenvalue weighted by Crippen LogP contribution is -2.45. The van der Waals surface area contributed by atoms with E-state index in [4.69, 9.17) is 4.74 Å². The number of nitrogens with one attached hydrogen (secondary N) is 3. The van der Waals surface area contributed by atoms with Gasteiger partial charge >= 0.3 is 0 Å². The predicted molar refractivity (Wildman–Crippen MR) is 82.9 cm³/mol. The molecule has 1 saturated heterocycles. The van der Waals surface area contributed by atoms with Gasteiger partial charge in [0, 0.05) is 13.2 Å². The van der Waals surface area contributed by atoms with Crippen LogP contribution in [-0.4, -0.2) is 43.0 Å². The molecule has 0 saturated carbocycles. The average molecular weight is 317 g/mol. The highest BCUT2D eigenvalue weighted by molar-refractivity contribution is 6.10. The standard InChI is InChI=1S/C16H19N3O4/c20-14(17-9-10-4-3-7-23-10)8-13-16(22)18-12-6-2-1-5-11(12)15(21)19-13/h1-2,5-6,10,13H,3-4,7-9H2,(H,17,20)(H,18,22)(H,19,21)/t10-,13-/m0/s1. The van der Waals surface area contributed by atoms with Gasteiger partial charge in [-0.25, -0.2) is 0 Å². The molecule has 122 valence electrons. The van der Waals surface area contributed by atoms with Crippen molar-refractivity contribution < 1.29 is 19.1 Å². The Morgan fingerprint density at radius 3 is 2.91 bits per heavy atom. The number of fused-ring (bicyclic) bond motifs is 1. The van der Waals surface area contributed by atoms with Gasteiger partial charge in [-0.3, -0.25) is 14.4 Å². The van der Waals surface area contributed by atoms with E-state index in [1.165, 1.54) is 0 Å². The van der Waals surface area contributed by atoms with Crippen LogP contribution < -0.4 is 16.0 Å². The van der Waals surface area contributed by atoms with Gasteiger partial charge in [0.05, 0.1) is 23.8 Å². The Balaban J connectivity index is 1.59. The molecule has 0 radical (unpaired) electrons. The van der Waals surface area contributed by atoms with Crippen LogP contribution in [0, 0.1) is 0 Å². The first-order valence-electron chi connectivity index (χ1n) is 7.72. The molecule has 2 atom stereocenters. The molecular weight excluding hydrogens is 298 g/mol. The van der Waals surface area contributed by atoms with Crippen LogP contribution in [0.25, 0.3) is 0 Å². The van der Waals surface area contributed by atoms with Gasteiger partial charge in [-0.05, 0) is 25.0 Å². The number of benzene rings is 1. The fraction of sp³-hybridized carbons (Fsp3) is 0.438. The van der Waals surface area contributed by atoms with Crippen molar-refractivity contribution in [1.29, 1.82) is 0 Å². The lowest BCUT2D eigenvalue weighted by Gasteiger charge is -2.15. The molecule has 3 rings (SSSR count). The van der Waals surface area contributed by atoms with Crippen LogP contribution in [0.1, 0.15) is 29.6 Å². The molecule has 2 aliphatic heterocycles. The summed E-state index contributed by atoms with van der Waals surface area (Å²) >= 11 is 0. The summed E-state index contributed by atoms with van der Waals surface area (Å²) in [5, 5.41) is 8.03. The predicted octanol–water partition coefficient (Wildman–Crippen LogP) is 0.422. The van der Waals surface area contributed by atoms with Crippen molar-refractivity contribution in [3.05, 3.63) is 29.8 Å². The Morgan fingerprint density at radius 1 is 1.30 bits per heavy atom. The van der Waals surface area contributed by atoms with Crippen molar-refractivity contribution in [2.75, 3.05) is 18.5 Å². The molecule has 3 amide bonds. The van der Waals surface area contributed by atoms with Crippen molar-refractivity contribution in [3.8, 4) is 0 Å². The highest BCUT2D eigenvalue weighted by atomic mass is 16.5. The van der Waals surface area contributed by atoms with Gasteiger partial charge in [0.15, 0.2) is 0 Å². The maximum absolute atomic E-state index is 12.2. The highest BCUT2D eigenvalue weighted by Gasteiger charge is 2.29. The second kappa shape index (κ2) is 6.78. The van der Waals surface area contributed by atoms with Gasteiger partial charge in [-0.1, -0.05) is 12.1 Å². The summed E-state index contributed by atoms with van der Waals surface area (Å²) in [5.41, 5.74) is 0.848. The van der Waals surface area contributed by atoms with E-state index in [-0.39, 0.29) is 24.3 Å². The van der Waals surface area contributed by atoms with Crippen LogP contribution in [0.4, 0.5) is 5.69 Å². The maximum Gasteiger partial charge on any atom is 0.254 e. The second-order valence-electron chi connectivity index (χ2n) is 5.70. The quantitative estimate of drug-likeness (QED) is 0.750. The van der Waals surface area contributed by atoms with Crippen LogP contribution in [0.5, 0.6) is 0 Å². The van der Waals surface area contributed by atoms with Crippen LogP contribution in [-0.2, 0) is 14.3 Å². The number of para-hydroxylation sites is 1. The van der Waals surface area contributed by atoms with Crippen LogP contribution >= 0.6 is 0 Å². The van der Waals surface area contributed by atoms with Gasteiger partial charge < -0.3 is 20.7 Å². The first-order valence-corrected chi connectivity index (χ1v) is 7.72. The summed E-state index contributed by atoms with van der Waals surface area (Å²) in [6.45, 7) is 1.15. The second-order valence-corrected chi connectivity index (χ2v) is 5.70. The van der Waals surface area contributed by atoms with E-state index >= 15 is 0 Å². The summed E-state index contributed by atoms with van der Waals surface area (Å²) in [6.07, 6.45) is 1.87. The lowest BCUT2D eigenvalue weighted by molar-refractivity contribution is -0.126. The molecule has 1 aromatic carbocycles. The van der Waals surface area contributed by atoms with E-state index < -0.39 is 11.9 Å². The number of carbonyl (C=O) groups excluding carboxylic acids is 3. The molecule has 7 heteroatoms. The molecule has 0 aliphatic carbocycles. The zero-order chi connectivity index (χ0) is 16.2. The van der Waals surface area contributed by atoms with E-state index in [0.717, 1.165) is 19.4 Å². The Bertz CT molecular complexity index is 626. The van der Waals surface area contributed by atoms with Gasteiger partial charge in [0.2, 0.25) is 11.8 Å². The molecule has 0 unspecified atom stereocenters. The summed E-state index contributed by atoms with van der Waals surface area (Å²) in [5.74, 6) is -1.04. The van der Waals surface area contributed by atoms with E-state index in [1.54, 1.807) is 24.3 Å². The van der Waals surface area contributed by atoms with Crippen molar-refractivity contribution in [2.45, 2.75) is 31.4 Å². The first-order chi connectivity index (χ1) is 11.1. The molecule has 0 aromatic heterocycles. The van der Waals surface area contributed by atoms with Crippen molar-refractivity contribution in [3.63, 3.8) is 0 Å². The third-order valence-corrected chi connectivity index (χ3v) is 3.99. The normalized spacial score (nSPS) is 23.5. The van der Waals surface area contributed by atoms with Crippen molar-refractivity contribution in [2.24, 2.45) is 0 Å². The summed E-state index contributed by atoms with van der Waals surface area (Å²) in [4.78, 5) is 36.4. The maximum atomic E-state index is 12.2. The molecule has 1 aromatic rings. The molecule has 2 heterocycles. The van der Waals surface area contributed by atoms with Crippen LogP contribution in [0.15, 0.2) is 24.3 Å².